The maximum absolute atomic E-state index is 13.7. The first-order valence-corrected chi connectivity index (χ1v) is 15.0. The Morgan fingerprint density at radius 3 is 2.60 bits per heavy atom. The summed E-state index contributed by atoms with van der Waals surface area (Å²) in [5, 5.41) is 14.4. The molecule has 42 heavy (non-hydrogen) atoms. The molecule has 1 saturated heterocycles. The molecule has 220 valence electrons. The van der Waals surface area contributed by atoms with Gasteiger partial charge in [0.1, 0.15) is 27.0 Å². The number of ether oxygens (including phenoxy) is 1. The van der Waals surface area contributed by atoms with Gasteiger partial charge in [-0.05, 0) is 65.2 Å². The Kier molecular flexibility index (Phi) is 8.34. The molecule has 12 heteroatoms. The number of nitrogens with zero attached hydrogens (tertiary/aromatic N) is 5. The molecule has 2 amide bonds. The van der Waals surface area contributed by atoms with E-state index in [9.17, 15) is 9.59 Å². The lowest BCUT2D eigenvalue weighted by Gasteiger charge is -2.29. The van der Waals surface area contributed by atoms with Crippen molar-refractivity contribution in [2.24, 2.45) is 0 Å². The summed E-state index contributed by atoms with van der Waals surface area (Å²) < 4.78 is 11.6. The Hall–Kier alpha value is -3.83. The SMILES string of the molecule is Cc1csc([C@H]2CCCN2C(=O)c2cc(Cl)nc(-c3nnc(C(C)(Cc4ccccc4)NC(=O)OC(C)(C)C)o3)c2)n1. The summed E-state index contributed by atoms with van der Waals surface area (Å²) in [5.41, 5.74) is 0.698. The van der Waals surface area contributed by atoms with Crippen molar-refractivity contribution >= 4 is 34.9 Å². The number of benzene rings is 1. The number of carbonyl (C=O) groups is 2. The number of likely N-dealkylation sites (tertiary alicyclic amines) is 1. The predicted octanol–water partition coefficient (Wildman–Crippen LogP) is 6.51. The molecule has 4 heterocycles. The molecule has 0 spiro atoms. The first-order valence-electron chi connectivity index (χ1n) is 13.7. The summed E-state index contributed by atoms with van der Waals surface area (Å²) in [7, 11) is 0. The summed E-state index contributed by atoms with van der Waals surface area (Å²) in [5.74, 6) is 0.0529. The topological polar surface area (TPSA) is 123 Å². The Balaban J connectivity index is 1.44. The van der Waals surface area contributed by atoms with Gasteiger partial charge in [-0.1, -0.05) is 41.9 Å². The number of halogens is 1. The molecule has 4 aromatic rings. The number of rotatable bonds is 7. The number of thiazole rings is 1. The fourth-order valence-electron chi connectivity index (χ4n) is 4.94. The number of pyridine rings is 1. The van der Waals surface area contributed by atoms with Gasteiger partial charge in [0.05, 0.1) is 6.04 Å². The molecular formula is C30H33ClN6O4S. The molecule has 1 N–H and O–H groups in total. The van der Waals surface area contributed by atoms with E-state index in [1.807, 2.05) is 47.5 Å². The van der Waals surface area contributed by atoms with Crippen LogP contribution in [0.3, 0.4) is 0 Å². The van der Waals surface area contributed by atoms with Crippen molar-refractivity contribution in [2.45, 2.75) is 71.1 Å². The van der Waals surface area contributed by atoms with Crippen LogP contribution in [-0.4, -0.2) is 49.2 Å². The molecule has 0 aliphatic carbocycles. The van der Waals surface area contributed by atoms with Gasteiger partial charge in [-0.3, -0.25) is 4.79 Å². The molecule has 0 radical (unpaired) electrons. The van der Waals surface area contributed by atoms with Crippen molar-refractivity contribution < 1.29 is 18.7 Å². The van der Waals surface area contributed by atoms with Crippen LogP contribution in [0.15, 0.2) is 52.3 Å². The second-order valence-electron chi connectivity index (χ2n) is 11.6. The minimum atomic E-state index is -1.11. The molecule has 5 rings (SSSR count). The molecule has 1 unspecified atom stereocenters. The van der Waals surface area contributed by atoms with Gasteiger partial charge in [-0.25, -0.2) is 14.8 Å². The van der Waals surface area contributed by atoms with Crippen molar-refractivity contribution in [1.29, 1.82) is 0 Å². The summed E-state index contributed by atoms with van der Waals surface area (Å²) in [6.45, 7) is 9.72. The number of hydrogen-bond acceptors (Lipinski definition) is 9. The highest BCUT2D eigenvalue weighted by Crippen LogP contribution is 2.36. The lowest BCUT2D eigenvalue weighted by atomic mass is 9.92. The van der Waals surface area contributed by atoms with Crippen molar-refractivity contribution in [3.8, 4) is 11.6 Å². The van der Waals surface area contributed by atoms with Gasteiger partial charge in [0.25, 0.3) is 11.8 Å². The van der Waals surface area contributed by atoms with E-state index < -0.39 is 17.2 Å². The molecule has 1 aliphatic heterocycles. The van der Waals surface area contributed by atoms with E-state index in [0.29, 0.717) is 18.5 Å². The van der Waals surface area contributed by atoms with Crippen LogP contribution >= 0.6 is 22.9 Å². The van der Waals surface area contributed by atoms with Crippen LogP contribution in [0.1, 0.15) is 79.1 Å². The highest BCUT2D eigenvalue weighted by molar-refractivity contribution is 7.09. The maximum atomic E-state index is 13.7. The van der Waals surface area contributed by atoms with Gasteiger partial charge < -0.3 is 19.4 Å². The van der Waals surface area contributed by atoms with Crippen molar-refractivity contribution in [3.63, 3.8) is 0 Å². The molecule has 2 atom stereocenters. The molecular weight excluding hydrogens is 576 g/mol. The standard InChI is InChI=1S/C30H33ClN6O4S/c1-18-17-42-25(32-18)22-12-9-13-37(22)26(38)20-14-21(33-23(31)15-20)24-35-36-27(40-24)30(5,16-19-10-7-6-8-11-19)34-28(39)41-29(2,3)4/h6-8,10-11,14-15,17,22H,9,12-13,16H2,1-5H3,(H,34,39)/t22-,30?/m1/s1. The largest absolute Gasteiger partial charge is 0.444 e. The Bertz CT molecular complexity index is 1580. The Labute approximate surface area is 253 Å². The van der Waals surface area contributed by atoms with E-state index in [2.05, 4.69) is 25.5 Å². The highest BCUT2D eigenvalue weighted by Gasteiger charge is 2.37. The second-order valence-corrected chi connectivity index (χ2v) is 12.9. The molecule has 1 fully saturated rings. The number of aryl methyl sites for hydroxylation is 1. The Morgan fingerprint density at radius 1 is 1.14 bits per heavy atom. The normalized spacial score (nSPS) is 16.7. The number of carbonyl (C=O) groups excluding carboxylic acids is 2. The molecule has 0 saturated carbocycles. The number of alkyl carbamates (subject to hydrolysis) is 1. The van der Waals surface area contributed by atoms with Crippen molar-refractivity contribution in [3.05, 3.63) is 80.7 Å². The van der Waals surface area contributed by atoms with Crippen molar-refractivity contribution in [1.82, 2.24) is 30.4 Å². The monoisotopic (exact) mass is 608 g/mol. The van der Waals surface area contributed by atoms with Crippen LogP contribution < -0.4 is 5.32 Å². The smallest absolute Gasteiger partial charge is 0.408 e. The lowest BCUT2D eigenvalue weighted by Crippen LogP contribution is -2.47. The first kappa shape index (κ1) is 29.7. The average Bonchev–Trinajstić information content (AvgIpc) is 3.68. The van der Waals surface area contributed by atoms with Crippen molar-refractivity contribution in [2.75, 3.05) is 6.54 Å². The van der Waals surface area contributed by atoms with Crippen LogP contribution in [0, 0.1) is 6.92 Å². The predicted molar refractivity (Wildman–Crippen MR) is 159 cm³/mol. The summed E-state index contributed by atoms with van der Waals surface area (Å²) in [6.07, 6.45) is 1.47. The van der Waals surface area contributed by atoms with E-state index in [1.165, 1.54) is 6.07 Å². The summed E-state index contributed by atoms with van der Waals surface area (Å²) in [4.78, 5) is 37.3. The van der Waals surface area contributed by atoms with Gasteiger partial charge in [-0.15, -0.1) is 21.5 Å². The zero-order chi connectivity index (χ0) is 30.1. The van der Waals surface area contributed by atoms with E-state index in [4.69, 9.17) is 20.8 Å². The van der Waals surface area contributed by atoms with Gasteiger partial charge in [0.2, 0.25) is 5.89 Å². The van der Waals surface area contributed by atoms with E-state index in [1.54, 1.807) is 45.1 Å². The lowest BCUT2D eigenvalue weighted by molar-refractivity contribution is 0.0443. The van der Waals surface area contributed by atoms with E-state index in [-0.39, 0.29) is 34.6 Å². The fourth-order valence-corrected chi connectivity index (χ4v) is 6.09. The van der Waals surface area contributed by atoms with Gasteiger partial charge in [0.15, 0.2) is 0 Å². The zero-order valence-electron chi connectivity index (χ0n) is 24.2. The van der Waals surface area contributed by atoms with Gasteiger partial charge >= 0.3 is 6.09 Å². The fraction of sp³-hybridized carbons (Fsp3) is 0.400. The van der Waals surface area contributed by atoms with Gasteiger partial charge in [-0.2, -0.15) is 0 Å². The quantitative estimate of drug-likeness (QED) is 0.236. The van der Waals surface area contributed by atoms with E-state index >= 15 is 0 Å². The molecule has 3 aromatic heterocycles. The highest BCUT2D eigenvalue weighted by atomic mass is 35.5. The zero-order valence-corrected chi connectivity index (χ0v) is 25.8. The third-order valence-electron chi connectivity index (χ3n) is 6.77. The molecule has 1 aromatic carbocycles. The van der Waals surface area contributed by atoms with Crippen LogP contribution in [0.25, 0.3) is 11.6 Å². The first-order chi connectivity index (χ1) is 19.9. The number of aromatic nitrogens is 4. The van der Waals surface area contributed by atoms with E-state index in [0.717, 1.165) is 29.1 Å². The number of nitrogens with one attached hydrogen (secondary N) is 1. The third kappa shape index (κ3) is 6.79. The number of amides is 2. The summed E-state index contributed by atoms with van der Waals surface area (Å²) >= 11 is 7.95. The molecule has 10 nitrogen and oxygen atoms in total. The van der Waals surface area contributed by atoms with Crippen LogP contribution in [-0.2, 0) is 16.7 Å². The average molecular weight is 609 g/mol. The molecule has 1 aliphatic rings. The minimum Gasteiger partial charge on any atom is -0.444 e. The van der Waals surface area contributed by atoms with Crippen LogP contribution in [0.5, 0.6) is 0 Å². The molecule has 0 bridgehead atoms. The minimum absolute atomic E-state index is 0.0698. The number of hydrogen-bond donors (Lipinski definition) is 1. The maximum Gasteiger partial charge on any atom is 0.408 e. The summed E-state index contributed by atoms with van der Waals surface area (Å²) in [6, 6.07) is 12.7. The Morgan fingerprint density at radius 2 is 1.90 bits per heavy atom. The van der Waals surface area contributed by atoms with Crippen LogP contribution in [0.2, 0.25) is 5.15 Å². The second kappa shape index (κ2) is 11.8. The van der Waals surface area contributed by atoms with Gasteiger partial charge in [0, 0.05) is 29.6 Å². The van der Waals surface area contributed by atoms with Crippen LogP contribution in [0.4, 0.5) is 4.79 Å². The third-order valence-corrected chi connectivity index (χ3v) is 8.03.